The molecule has 4 fully saturated rings. The number of aromatic nitrogens is 2. The lowest BCUT2D eigenvalue weighted by molar-refractivity contribution is -0.151. The Balaban J connectivity index is 0.841. The van der Waals surface area contributed by atoms with Crippen LogP contribution in [-0.4, -0.2) is 114 Å². The van der Waals surface area contributed by atoms with E-state index < -0.39 is 36.2 Å². The number of ether oxygens (including phenoxy) is 4. The number of nitrogens with one attached hydrogen (secondary N) is 2. The molecule has 5 aromatic rings. The van der Waals surface area contributed by atoms with E-state index in [-0.39, 0.29) is 42.4 Å². The van der Waals surface area contributed by atoms with Gasteiger partial charge >= 0.3 is 12.1 Å². The zero-order valence-corrected chi connectivity index (χ0v) is 45.1. The molecule has 0 radical (unpaired) electrons. The van der Waals surface area contributed by atoms with Crippen LogP contribution >= 0.6 is 0 Å². The summed E-state index contributed by atoms with van der Waals surface area (Å²) in [5, 5.41) is 2.77. The fourth-order valence-corrected chi connectivity index (χ4v) is 14.0. The van der Waals surface area contributed by atoms with Gasteiger partial charge < -0.3 is 39.0 Å². The molecule has 2 saturated heterocycles. The van der Waals surface area contributed by atoms with Gasteiger partial charge in [0.25, 0.3) is 0 Å². The van der Waals surface area contributed by atoms with E-state index in [9.17, 15) is 19.2 Å². The van der Waals surface area contributed by atoms with E-state index in [1.54, 1.807) is 21.1 Å². The lowest BCUT2D eigenvalue weighted by Gasteiger charge is -2.37. The van der Waals surface area contributed by atoms with Gasteiger partial charge in [-0.15, -0.1) is 0 Å². The van der Waals surface area contributed by atoms with E-state index in [1.807, 2.05) is 11.8 Å². The van der Waals surface area contributed by atoms with Gasteiger partial charge in [-0.2, -0.15) is 0 Å². The third-order valence-electron chi connectivity index (χ3n) is 18.4. The van der Waals surface area contributed by atoms with E-state index in [0.29, 0.717) is 18.3 Å². The number of imidazole rings is 1. The quantitative estimate of drug-likeness (QED) is 0.109. The summed E-state index contributed by atoms with van der Waals surface area (Å²) in [6.45, 7) is 3.67. The van der Waals surface area contributed by atoms with Gasteiger partial charge in [0.2, 0.25) is 11.8 Å². The fraction of sp³-hybridized carbons (Fsp3) is 0.516. The van der Waals surface area contributed by atoms with Crippen LogP contribution in [0.3, 0.4) is 0 Å². The molecule has 6 aliphatic carbocycles. The van der Waals surface area contributed by atoms with Crippen LogP contribution in [0.5, 0.6) is 0 Å². The molecule has 2 N–H and O–H groups in total. The monoisotopic (exact) mass is 1030 g/mol. The highest BCUT2D eigenvalue weighted by Gasteiger charge is 2.51. The largest absolute Gasteiger partial charge is 0.469 e. The van der Waals surface area contributed by atoms with Crippen molar-refractivity contribution in [2.45, 2.75) is 159 Å². The van der Waals surface area contributed by atoms with Crippen LogP contribution in [0, 0.1) is 17.8 Å². The van der Waals surface area contributed by atoms with E-state index in [2.05, 4.69) is 88.0 Å². The minimum atomic E-state index is -0.902. The molecule has 0 spiro atoms. The van der Waals surface area contributed by atoms with E-state index in [1.165, 1.54) is 59.6 Å². The Bertz CT molecular complexity index is 3060. The molecule has 4 aromatic carbocycles. The number of carbonyl (C=O) groups is 4. The molecule has 1 aromatic heterocycles. The Morgan fingerprint density at radius 1 is 0.658 bits per heavy atom. The second-order valence-corrected chi connectivity index (χ2v) is 22.6. The molecule has 76 heavy (non-hydrogen) atoms. The van der Waals surface area contributed by atoms with Crippen molar-refractivity contribution < 1.29 is 38.1 Å². The number of aryl methyl sites for hydroxylation is 4. The fourth-order valence-electron chi connectivity index (χ4n) is 14.0. The summed E-state index contributed by atoms with van der Waals surface area (Å²) >= 11 is 0. The molecule has 1 unspecified atom stereocenters. The van der Waals surface area contributed by atoms with Crippen molar-refractivity contribution in [3.05, 3.63) is 106 Å². The predicted octanol–water partition coefficient (Wildman–Crippen LogP) is 10.4. The van der Waals surface area contributed by atoms with Crippen LogP contribution in [0.15, 0.2) is 77.8 Å². The van der Waals surface area contributed by atoms with Crippen LogP contribution in [0.25, 0.3) is 33.3 Å². The zero-order chi connectivity index (χ0) is 52.8. The number of H-pyrrole nitrogens is 1. The Hall–Kier alpha value is -6.38. The number of aliphatic imine (C=N–C) groups is 1. The summed E-state index contributed by atoms with van der Waals surface area (Å²) in [7, 11) is 5.83. The summed E-state index contributed by atoms with van der Waals surface area (Å²) in [5.41, 5.74) is 14.9. The average Bonchev–Trinajstić information content (AvgIpc) is 4.30. The van der Waals surface area contributed by atoms with Crippen LogP contribution < -0.4 is 5.32 Å². The van der Waals surface area contributed by atoms with E-state index >= 15 is 0 Å². The number of hydrogen-bond acceptors (Lipinski definition) is 10. The Labute approximate surface area is 446 Å². The number of amides is 3. The van der Waals surface area contributed by atoms with Gasteiger partial charge in [-0.25, -0.2) is 9.78 Å². The molecule has 4 heterocycles. The molecule has 9 aliphatic rings. The van der Waals surface area contributed by atoms with Crippen molar-refractivity contribution in [3.8, 4) is 22.3 Å². The topological polar surface area (TPSA) is 165 Å². The number of fused-ring (bicyclic) bond motifs is 4. The first kappa shape index (κ1) is 51.7. The molecule has 2 saturated carbocycles. The number of methoxy groups -OCH3 is 4. The number of aromatic amines is 1. The summed E-state index contributed by atoms with van der Waals surface area (Å²) in [4.78, 5) is 72.7. The number of likely N-dealkylation sites (tertiary alicyclic amines) is 2. The molecule has 4 bridgehead atoms. The Morgan fingerprint density at radius 3 is 1.88 bits per heavy atom. The van der Waals surface area contributed by atoms with Crippen molar-refractivity contribution in [3.63, 3.8) is 0 Å². The van der Waals surface area contributed by atoms with Crippen molar-refractivity contribution in [1.29, 1.82) is 0 Å². The Kier molecular flexibility index (Phi) is 14.9. The summed E-state index contributed by atoms with van der Waals surface area (Å²) < 4.78 is 21.3. The molecule has 3 aliphatic heterocycles. The molecular weight excluding hydrogens is 957 g/mol. The molecular formula is C62H74N6O8. The number of hydrogen-bond donors (Lipinski definition) is 2. The maximum absolute atomic E-state index is 14.7. The smallest absolute Gasteiger partial charge is 0.407 e. The Morgan fingerprint density at radius 2 is 1.25 bits per heavy atom. The van der Waals surface area contributed by atoms with Gasteiger partial charge in [0.15, 0.2) is 0 Å². The highest BCUT2D eigenvalue weighted by Crippen LogP contribution is 2.48. The summed E-state index contributed by atoms with van der Waals surface area (Å²) in [5.74, 6) is 0.314. The molecule has 14 heteroatoms. The highest BCUT2D eigenvalue weighted by molar-refractivity contribution is 6.01. The minimum Gasteiger partial charge on any atom is -0.469 e. The van der Waals surface area contributed by atoms with Gasteiger partial charge in [-0.1, -0.05) is 80.3 Å². The van der Waals surface area contributed by atoms with E-state index in [4.69, 9.17) is 28.9 Å². The number of esters is 1. The molecule has 3 amide bonds. The first-order valence-electron chi connectivity index (χ1n) is 28.0. The molecule has 400 valence electrons. The molecule has 14 nitrogen and oxygen atoms in total. The van der Waals surface area contributed by atoms with E-state index in [0.717, 1.165) is 123 Å². The highest BCUT2D eigenvalue weighted by atomic mass is 16.5. The third kappa shape index (κ3) is 9.96. The average molecular weight is 1030 g/mol. The van der Waals surface area contributed by atoms with Gasteiger partial charge in [0.1, 0.15) is 11.9 Å². The lowest BCUT2D eigenvalue weighted by Crippen LogP contribution is -2.56. The zero-order valence-electron chi connectivity index (χ0n) is 45.1. The molecule has 14 rings (SSSR count). The normalized spacial score (nSPS) is 24.4. The second kappa shape index (κ2) is 21.9. The first-order valence-corrected chi connectivity index (χ1v) is 28.0. The van der Waals surface area contributed by atoms with Crippen molar-refractivity contribution >= 4 is 46.3 Å². The minimum absolute atomic E-state index is 0.0113. The van der Waals surface area contributed by atoms with Crippen LogP contribution in [0.4, 0.5) is 10.5 Å². The number of nitrogens with zero attached hydrogens (tertiary/aromatic N) is 4. The number of alkyl carbamates (subject to hydrolysis) is 1. The summed E-state index contributed by atoms with van der Waals surface area (Å²) in [6.07, 6.45) is 12.7. The van der Waals surface area contributed by atoms with Crippen molar-refractivity contribution in [2.24, 2.45) is 22.7 Å². The second-order valence-electron chi connectivity index (χ2n) is 22.6. The maximum Gasteiger partial charge on any atom is 0.407 e. The number of rotatable bonds is 13. The van der Waals surface area contributed by atoms with Gasteiger partial charge in [0, 0.05) is 38.4 Å². The SMILES string of the molecule is COC(=O)C[C@H](C(=O)N1C(C2=Nc3cc(-c4cc5ccc4CCc4ccc(c(-c6ccc7nc([C@@H]8C[C@@H]9CCCC[C@@H]9N8C(=O)[C@@H](NC(=O)OC)[C@@H](C)OC)[nH]c7c6)c4)CC5)ccc3C2)C[C@@H]2CCCC[C@@H]21)[C@@H](C)OC. The van der Waals surface area contributed by atoms with Gasteiger partial charge in [0.05, 0.1) is 67.6 Å². The maximum atomic E-state index is 14.7. The van der Waals surface area contributed by atoms with Crippen LogP contribution in [0.1, 0.15) is 124 Å². The van der Waals surface area contributed by atoms with Gasteiger partial charge in [-0.3, -0.25) is 19.4 Å². The standard InChI is InChI=1S/C62H74N6O8/c1-35(73-3)46(34-57(69)75-5)60(70)67-53-13-9-7-11-44(53)32-55(67)52-31-43-24-23-41(29-50(43)63-52)47-27-37-15-19-39(47)20-16-38-18-22-40(21-17-37)48(28-38)42-25-26-49-51(30-42)65-59(64-49)56-33-45-12-8-10-14-54(45)68(56)61(71)58(36(2)74-4)66-62(72)76-6/h15,18-19,22-30,35-36,44-46,53-56,58H,7-14,16-17,20-21,31-34H2,1-6H3,(H,64,65)(H,66,72)/t35-,36-,44+,45+,46+,53+,54+,55?,56+,58+/m1/s1. The van der Waals surface area contributed by atoms with Crippen LogP contribution in [0.2, 0.25) is 0 Å². The van der Waals surface area contributed by atoms with Crippen molar-refractivity contribution in [2.75, 3.05) is 28.4 Å². The predicted molar refractivity (Wildman–Crippen MR) is 292 cm³/mol. The lowest BCUT2D eigenvalue weighted by atomic mass is 9.84. The van der Waals surface area contributed by atoms with Gasteiger partial charge in [-0.05, 0) is 158 Å². The summed E-state index contributed by atoms with van der Waals surface area (Å²) in [6, 6.07) is 26.2. The van der Waals surface area contributed by atoms with Crippen LogP contribution in [-0.2, 0) is 65.4 Å². The third-order valence-corrected chi connectivity index (χ3v) is 18.4. The van der Waals surface area contributed by atoms with Crippen molar-refractivity contribution in [1.82, 2.24) is 25.1 Å². The number of carbonyl (C=O) groups excluding carboxylic acids is 4. The number of benzene rings is 4. The first-order chi connectivity index (χ1) is 36.9. The molecule has 10 atom stereocenters.